The third-order valence-electron chi connectivity index (χ3n) is 6.12. The van der Waals surface area contributed by atoms with Crippen molar-refractivity contribution in [2.24, 2.45) is 11.8 Å². The first kappa shape index (κ1) is 19.4. The molecule has 2 fully saturated rings. The number of aromatic hydroxyl groups is 1. The van der Waals surface area contributed by atoms with Crippen LogP contribution in [-0.4, -0.2) is 57.9 Å². The number of nitrogens with zero attached hydrogens (tertiary/aromatic N) is 3. The van der Waals surface area contributed by atoms with Gasteiger partial charge in [-0.05, 0) is 61.4 Å². The molecule has 29 heavy (non-hydrogen) atoms. The minimum Gasteiger partial charge on any atom is -0.508 e. The fourth-order valence-electron chi connectivity index (χ4n) is 4.43. The molecule has 3 heterocycles. The first-order valence-corrected chi connectivity index (χ1v) is 10.4. The molecule has 1 N–H and O–H groups in total. The number of piperidine rings is 1. The van der Waals surface area contributed by atoms with Gasteiger partial charge in [0.1, 0.15) is 5.75 Å². The van der Waals surface area contributed by atoms with Crippen LogP contribution in [0.3, 0.4) is 0 Å². The number of phenols is 1. The Morgan fingerprint density at radius 1 is 0.931 bits per heavy atom. The van der Waals surface area contributed by atoms with E-state index in [4.69, 9.17) is 0 Å². The van der Waals surface area contributed by atoms with Gasteiger partial charge in [0.25, 0.3) is 5.91 Å². The fraction of sp³-hybridized carbons (Fsp3) is 0.435. The van der Waals surface area contributed by atoms with Gasteiger partial charge in [0, 0.05) is 50.1 Å². The van der Waals surface area contributed by atoms with Crippen LogP contribution < -0.4 is 0 Å². The summed E-state index contributed by atoms with van der Waals surface area (Å²) in [5, 5.41) is 9.41. The lowest BCUT2D eigenvalue weighted by Gasteiger charge is -2.33. The third kappa shape index (κ3) is 4.58. The van der Waals surface area contributed by atoms with E-state index in [2.05, 4.69) is 4.98 Å². The van der Waals surface area contributed by atoms with E-state index in [1.807, 2.05) is 21.9 Å². The Labute approximate surface area is 171 Å². The van der Waals surface area contributed by atoms with Crippen LogP contribution in [0, 0.1) is 11.8 Å². The summed E-state index contributed by atoms with van der Waals surface area (Å²) >= 11 is 0. The van der Waals surface area contributed by atoms with E-state index < -0.39 is 0 Å². The predicted molar refractivity (Wildman–Crippen MR) is 109 cm³/mol. The topological polar surface area (TPSA) is 73.7 Å². The predicted octanol–water partition coefficient (Wildman–Crippen LogP) is 2.73. The number of amides is 2. The smallest absolute Gasteiger partial charge is 0.253 e. The molecule has 0 spiro atoms. The van der Waals surface area contributed by atoms with Crippen LogP contribution in [0.15, 0.2) is 48.8 Å². The maximum Gasteiger partial charge on any atom is 0.253 e. The van der Waals surface area contributed by atoms with Crippen molar-refractivity contribution in [2.75, 3.05) is 26.2 Å². The zero-order chi connectivity index (χ0) is 20.2. The Morgan fingerprint density at radius 2 is 1.59 bits per heavy atom. The number of phenolic OH excluding ortho intramolecular Hbond substituents is 1. The Morgan fingerprint density at radius 3 is 2.28 bits per heavy atom. The van der Waals surface area contributed by atoms with Crippen molar-refractivity contribution in [1.82, 2.24) is 14.8 Å². The highest BCUT2D eigenvalue weighted by Gasteiger charge is 2.33. The lowest BCUT2D eigenvalue weighted by molar-refractivity contribution is -0.136. The summed E-state index contributed by atoms with van der Waals surface area (Å²) in [7, 11) is 0. The van der Waals surface area contributed by atoms with E-state index in [0.29, 0.717) is 24.6 Å². The van der Waals surface area contributed by atoms with Crippen LogP contribution in [-0.2, 0) is 11.2 Å². The molecule has 6 heteroatoms. The molecule has 1 unspecified atom stereocenters. The summed E-state index contributed by atoms with van der Waals surface area (Å²) < 4.78 is 0. The van der Waals surface area contributed by atoms with Crippen LogP contribution in [0.2, 0.25) is 0 Å². The number of hydrogen-bond acceptors (Lipinski definition) is 4. The molecule has 1 aromatic carbocycles. The molecule has 1 aromatic heterocycles. The van der Waals surface area contributed by atoms with Crippen molar-refractivity contribution in [2.45, 2.75) is 25.7 Å². The van der Waals surface area contributed by atoms with Crippen molar-refractivity contribution < 1.29 is 14.7 Å². The minimum absolute atomic E-state index is 0.0175. The molecular weight excluding hydrogens is 366 g/mol. The number of rotatable bonds is 4. The molecule has 1 atom stereocenters. The molecule has 0 bridgehead atoms. The van der Waals surface area contributed by atoms with E-state index >= 15 is 0 Å². The van der Waals surface area contributed by atoms with E-state index in [0.717, 1.165) is 38.8 Å². The van der Waals surface area contributed by atoms with Crippen LogP contribution >= 0.6 is 0 Å². The number of aromatic nitrogens is 1. The molecule has 2 aromatic rings. The molecule has 152 valence electrons. The third-order valence-corrected chi connectivity index (χ3v) is 6.12. The Bertz CT molecular complexity index is 845. The van der Waals surface area contributed by atoms with Gasteiger partial charge in [0.15, 0.2) is 0 Å². The maximum atomic E-state index is 13.0. The van der Waals surface area contributed by atoms with E-state index in [1.54, 1.807) is 36.7 Å². The second-order valence-corrected chi connectivity index (χ2v) is 8.11. The monoisotopic (exact) mass is 393 g/mol. The highest BCUT2D eigenvalue weighted by molar-refractivity contribution is 5.94. The minimum atomic E-state index is 0.0175. The SMILES string of the molecule is O=C(c1ccncc1)N1CCC(C(=O)N2CCC(Cc3ccc(O)cc3)C2)CC1. The lowest BCUT2D eigenvalue weighted by atomic mass is 9.94. The molecular formula is C23H27N3O3. The highest BCUT2D eigenvalue weighted by Crippen LogP contribution is 2.27. The van der Waals surface area contributed by atoms with Crippen LogP contribution in [0.5, 0.6) is 5.75 Å². The standard InChI is InChI=1S/C23H27N3O3/c27-21-3-1-17(2-4-21)15-18-7-12-26(16-18)23(29)20-8-13-25(14-9-20)22(28)19-5-10-24-11-6-19/h1-6,10-11,18,20,27H,7-9,12-16H2. The normalized spacial score (nSPS) is 20.1. The van der Waals surface area contributed by atoms with E-state index in [9.17, 15) is 14.7 Å². The van der Waals surface area contributed by atoms with Crippen molar-refractivity contribution in [3.8, 4) is 5.75 Å². The number of benzene rings is 1. The van der Waals surface area contributed by atoms with Gasteiger partial charge >= 0.3 is 0 Å². The maximum absolute atomic E-state index is 13.0. The lowest BCUT2D eigenvalue weighted by Crippen LogP contribution is -2.44. The molecule has 0 aliphatic carbocycles. The number of likely N-dealkylation sites (tertiary alicyclic amines) is 2. The number of hydrogen-bond donors (Lipinski definition) is 1. The van der Waals surface area contributed by atoms with Gasteiger partial charge in [0.05, 0.1) is 0 Å². The molecule has 0 saturated carbocycles. The van der Waals surface area contributed by atoms with Crippen LogP contribution in [0.25, 0.3) is 0 Å². The number of pyridine rings is 1. The number of carbonyl (C=O) groups is 2. The van der Waals surface area contributed by atoms with Crippen molar-refractivity contribution in [3.05, 3.63) is 59.9 Å². The average Bonchev–Trinajstić information content (AvgIpc) is 3.23. The van der Waals surface area contributed by atoms with E-state index in [1.165, 1.54) is 5.56 Å². The average molecular weight is 393 g/mol. The molecule has 2 aliphatic heterocycles. The van der Waals surface area contributed by atoms with E-state index in [-0.39, 0.29) is 23.5 Å². The van der Waals surface area contributed by atoms with Crippen molar-refractivity contribution in [3.63, 3.8) is 0 Å². The largest absolute Gasteiger partial charge is 0.508 e. The summed E-state index contributed by atoms with van der Waals surface area (Å²) in [6.45, 7) is 2.87. The molecule has 2 saturated heterocycles. The first-order chi connectivity index (χ1) is 14.1. The molecule has 4 rings (SSSR count). The first-order valence-electron chi connectivity index (χ1n) is 10.4. The summed E-state index contributed by atoms with van der Waals surface area (Å²) in [5.41, 5.74) is 1.85. The van der Waals surface area contributed by atoms with Crippen molar-refractivity contribution >= 4 is 11.8 Å². The summed E-state index contributed by atoms with van der Waals surface area (Å²) in [4.78, 5) is 33.3. The second-order valence-electron chi connectivity index (χ2n) is 8.11. The molecule has 2 amide bonds. The summed E-state index contributed by atoms with van der Waals surface area (Å²) in [5.74, 6) is 1.04. The van der Waals surface area contributed by atoms with Crippen LogP contribution in [0.4, 0.5) is 0 Å². The van der Waals surface area contributed by atoms with Gasteiger partial charge in [-0.25, -0.2) is 0 Å². The highest BCUT2D eigenvalue weighted by atomic mass is 16.3. The van der Waals surface area contributed by atoms with Crippen LogP contribution in [0.1, 0.15) is 35.2 Å². The Balaban J connectivity index is 1.26. The molecule has 6 nitrogen and oxygen atoms in total. The van der Waals surface area contributed by atoms with Gasteiger partial charge in [0.2, 0.25) is 5.91 Å². The fourth-order valence-corrected chi connectivity index (χ4v) is 4.43. The van der Waals surface area contributed by atoms with Gasteiger partial charge in [-0.2, -0.15) is 0 Å². The Kier molecular flexibility index (Phi) is 5.79. The summed E-state index contributed by atoms with van der Waals surface area (Å²) in [6.07, 6.45) is 6.68. The zero-order valence-electron chi connectivity index (χ0n) is 16.5. The Hall–Kier alpha value is -2.89. The zero-order valence-corrected chi connectivity index (χ0v) is 16.5. The number of carbonyl (C=O) groups excluding carboxylic acids is 2. The molecule has 0 radical (unpaired) electrons. The van der Waals surface area contributed by atoms with Gasteiger partial charge in [-0.1, -0.05) is 12.1 Å². The summed E-state index contributed by atoms with van der Waals surface area (Å²) in [6, 6.07) is 10.8. The molecule has 2 aliphatic rings. The second kappa shape index (κ2) is 8.64. The van der Waals surface area contributed by atoms with Gasteiger partial charge < -0.3 is 14.9 Å². The van der Waals surface area contributed by atoms with Gasteiger partial charge in [-0.3, -0.25) is 14.6 Å². The quantitative estimate of drug-likeness (QED) is 0.867. The van der Waals surface area contributed by atoms with Gasteiger partial charge in [-0.15, -0.1) is 0 Å². The van der Waals surface area contributed by atoms with Crippen molar-refractivity contribution in [1.29, 1.82) is 0 Å².